The largest absolute Gasteiger partial charge is 0.330 e. The Morgan fingerprint density at radius 1 is 1.16 bits per heavy atom. The van der Waals surface area contributed by atoms with Crippen LogP contribution in [-0.4, -0.2) is 25.0 Å². The highest BCUT2D eigenvalue weighted by Gasteiger charge is 2.43. The van der Waals surface area contributed by atoms with Crippen LogP contribution in [0.3, 0.4) is 0 Å². The van der Waals surface area contributed by atoms with E-state index >= 15 is 0 Å². The van der Waals surface area contributed by atoms with Gasteiger partial charge in [-0.3, -0.25) is 0 Å². The van der Waals surface area contributed by atoms with E-state index in [9.17, 15) is 0 Å². The van der Waals surface area contributed by atoms with Crippen molar-refractivity contribution in [2.24, 2.45) is 5.73 Å². The summed E-state index contributed by atoms with van der Waals surface area (Å²) in [5, 5.41) is 3.55. The third-order valence-corrected chi connectivity index (χ3v) is 7.09. The SMILES string of the molecule is CN1Cc2cc(C3(CN)CC3)ccc2C(c2ccc3sccc3c2)C1. The summed E-state index contributed by atoms with van der Waals surface area (Å²) < 4.78 is 1.38. The number of hydrogen-bond donors (Lipinski definition) is 1. The predicted molar refractivity (Wildman–Crippen MR) is 106 cm³/mol. The average Bonchev–Trinajstić information content (AvgIpc) is 3.30. The maximum atomic E-state index is 6.06. The van der Waals surface area contributed by atoms with Gasteiger partial charge < -0.3 is 10.6 Å². The number of hydrogen-bond acceptors (Lipinski definition) is 3. The molecule has 0 amide bonds. The Bertz CT molecular complexity index is 938. The topological polar surface area (TPSA) is 29.3 Å². The van der Waals surface area contributed by atoms with Crippen LogP contribution in [0.25, 0.3) is 10.1 Å². The fourth-order valence-corrected chi connectivity index (χ4v) is 5.20. The molecule has 3 heteroatoms. The summed E-state index contributed by atoms with van der Waals surface area (Å²) >= 11 is 1.82. The Labute approximate surface area is 153 Å². The Morgan fingerprint density at radius 2 is 2.04 bits per heavy atom. The molecular weight excluding hydrogens is 324 g/mol. The molecule has 1 saturated carbocycles. The molecule has 128 valence electrons. The van der Waals surface area contributed by atoms with E-state index in [-0.39, 0.29) is 5.41 Å². The van der Waals surface area contributed by atoms with Crippen molar-refractivity contribution in [2.75, 3.05) is 20.1 Å². The molecule has 1 aliphatic carbocycles. The quantitative estimate of drug-likeness (QED) is 0.757. The first kappa shape index (κ1) is 15.6. The van der Waals surface area contributed by atoms with Crippen molar-refractivity contribution in [3.05, 3.63) is 70.1 Å². The van der Waals surface area contributed by atoms with Gasteiger partial charge in [0.25, 0.3) is 0 Å². The zero-order valence-electron chi connectivity index (χ0n) is 14.7. The number of benzene rings is 2. The van der Waals surface area contributed by atoms with Gasteiger partial charge in [-0.25, -0.2) is 0 Å². The second kappa shape index (κ2) is 5.66. The molecule has 2 N–H and O–H groups in total. The lowest BCUT2D eigenvalue weighted by atomic mass is 9.82. The summed E-state index contributed by atoms with van der Waals surface area (Å²) in [6, 6.07) is 16.4. The zero-order chi connectivity index (χ0) is 17.0. The van der Waals surface area contributed by atoms with E-state index < -0.39 is 0 Å². The molecule has 1 atom stereocenters. The van der Waals surface area contributed by atoms with Gasteiger partial charge in [0, 0.05) is 35.7 Å². The third-order valence-electron chi connectivity index (χ3n) is 6.19. The number of likely N-dealkylation sites (N-methyl/N-ethyl adjacent to an activating group) is 1. The van der Waals surface area contributed by atoms with Crippen LogP contribution in [0.1, 0.15) is 41.0 Å². The van der Waals surface area contributed by atoms with Crippen molar-refractivity contribution in [3.8, 4) is 0 Å². The number of thiophene rings is 1. The minimum atomic E-state index is 0.274. The van der Waals surface area contributed by atoms with Crippen LogP contribution < -0.4 is 5.73 Å². The highest BCUT2D eigenvalue weighted by atomic mass is 32.1. The average molecular weight is 349 g/mol. The van der Waals surface area contributed by atoms with Crippen LogP contribution in [0.15, 0.2) is 47.8 Å². The van der Waals surface area contributed by atoms with E-state index in [1.807, 2.05) is 11.3 Å². The van der Waals surface area contributed by atoms with Crippen molar-refractivity contribution in [1.29, 1.82) is 0 Å². The summed E-state index contributed by atoms with van der Waals surface area (Å²) in [5.74, 6) is 0.458. The Kier molecular flexibility index (Phi) is 3.53. The second-order valence-corrected chi connectivity index (χ2v) is 8.81. The first-order valence-electron chi connectivity index (χ1n) is 9.18. The fraction of sp³-hybridized carbons (Fsp3) is 0.364. The van der Waals surface area contributed by atoms with Crippen LogP contribution in [0.5, 0.6) is 0 Å². The van der Waals surface area contributed by atoms with Crippen molar-refractivity contribution in [2.45, 2.75) is 30.7 Å². The van der Waals surface area contributed by atoms with Gasteiger partial charge in [0.2, 0.25) is 0 Å². The number of nitrogens with zero attached hydrogens (tertiary/aromatic N) is 1. The lowest BCUT2D eigenvalue weighted by Crippen LogP contribution is -2.31. The third kappa shape index (κ3) is 2.53. The van der Waals surface area contributed by atoms with E-state index in [1.165, 1.54) is 45.2 Å². The predicted octanol–water partition coefficient (Wildman–Crippen LogP) is 4.47. The second-order valence-electron chi connectivity index (χ2n) is 7.87. The van der Waals surface area contributed by atoms with Gasteiger partial charge in [-0.2, -0.15) is 0 Å². The molecule has 25 heavy (non-hydrogen) atoms. The monoisotopic (exact) mass is 348 g/mol. The molecule has 0 spiro atoms. The molecule has 2 aliphatic rings. The first-order chi connectivity index (χ1) is 12.2. The van der Waals surface area contributed by atoms with Gasteiger partial charge in [0.15, 0.2) is 0 Å². The zero-order valence-corrected chi connectivity index (χ0v) is 15.5. The van der Waals surface area contributed by atoms with Gasteiger partial charge in [-0.15, -0.1) is 11.3 Å². The number of fused-ring (bicyclic) bond motifs is 2. The molecule has 1 fully saturated rings. The van der Waals surface area contributed by atoms with Gasteiger partial charge in [-0.1, -0.05) is 24.3 Å². The van der Waals surface area contributed by atoms with E-state index in [2.05, 4.69) is 59.8 Å². The molecule has 1 aromatic heterocycles. The molecule has 5 rings (SSSR count). The first-order valence-corrected chi connectivity index (χ1v) is 10.1. The van der Waals surface area contributed by atoms with E-state index in [0.29, 0.717) is 5.92 Å². The van der Waals surface area contributed by atoms with Crippen molar-refractivity contribution < 1.29 is 0 Å². The summed E-state index contributed by atoms with van der Waals surface area (Å²) in [5.41, 5.74) is 12.2. The lowest BCUT2D eigenvalue weighted by molar-refractivity contribution is 0.295. The summed E-state index contributed by atoms with van der Waals surface area (Å²) in [6.07, 6.45) is 2.49. The molecule has 1 unspecified atom stereocenters. The molecule has 2 heterocycles. The highest BCUT2D eigenvalue weighted by molar-refractivity contribution is 7.17. The summed E-state index contributed by atoms with van der Waals surface area (Å²) in [7, 11) is 2.24. The number of nitrogens with two attached hydrogens (primary N) is 1. The van der Waals surface area contributed by atoms with Crippen molar-refractivity contribution >= 4 is 21.4 Å². The Morgan fingerprint density at radius 3 is 2.84 bits per heavy atom. The lowest BCUT2D eigenvalue weighted by Gasteiger charge is -2.33. The maximum absolute atomic E-state index is 6.06. The highest BCUT2D eigenvalue weighted by Crippen LogP contribution is 2.48. The van der Waals surface area contributed by atoms with Crippen LogP contribution >= 0.6 is 11.3 Å². The van der Waals surface area contributed by atoms with Crippen molar-refractivity contribution in [3.63, 3.8) is 0 Å². The van der Waals surface area contributed by atoms with Crippen LogP contribution in [-0.2, 0) is 12.0 Å². The van der Waals surface area contributed by atoms with E-state index in [0.717, 1.165) is 19.6 Å². The van der Waals surface area contributed by atoms with Gasteiger partial charge >= 0.3 is 0 Å². The normalized spacial score (nSPS) is 22.1. The molecule has 2 aromatic carbocycles. The molecule has 0 saturated heterocycles. The van der Waals surface area contributed by atoms with Gasteiger partial charge in [-0.05, 0) is 71.1 Å². The van der Waals surface area contributed by atoms with Crippen molar-refractivity contribution in [1.82, 2.24) is 4.90 Å². The minimum absolute atomic E-state index is 0.274. The van der Waals surface area contributed by atoms with Crippen LogP contribution in [0.4, 0.5) is 0 Å². The van der Waals surface area contributed by atoms with Gasteiger partial charge in [0.1, 0.15) is 0 Å². The molecule has 2 nitrogen and oxygen atoms in total. The molecule has 0 bridgehead atoms. The molecule has 1 aliphatic heterocycles. The smallest absolute Gasteiger partial charge is 0.0342 e. The standard InChI is InChI=1S/C22H24N2S/c1-24-12-17-11-18(22(14-23)7-8-22)3-4-19(17)20(13-24)15-2-5-21-16(10-15)6-9-25-21/h2-6,9-11,20H,7-8,12-14,23H2,1H3. The van der Waals surface area contributed by atoms with E-state index in [4.69, 9.17) is 5.73 Å². The Hall–Kier alpha value is -1.68. The minimum Gasteiger partial charge on any atom is -0.330 e. The number of rotatable bonds is 3. The Balaban J connectivity index is 1.58. The molecule has 3 aromatic rings. The summed E-state index contributed by atoms with van der Waals surface area (Å²) in [4.78, 5) is 2.45. The van der Waals surface area contributed by atoms with Gasteiger partial charge in [0.05, 0.1) is 0 Å². The summed E-state index contributed by atoms with van der Waals surface area (Å²) in [6.45, 7) is 2.91. The fourth-order valence-electron chi connectivity index (χ4n) is 4.43. The van der Waals surface area contributed by atoms with Crippen LogP contribution in [0, 0.1) is 0 Å². The molecule has 0 radical (unpaired) electrons. The molecular formula is C22H24N2S. The van der Waals surface area contributed by atoms with Crippen LogP contribution in [0.2, 0.25) is 0 Å². The van der Waals surface area contributed by atoms with E-state index in [1.54, 1.807) is 0 Å². The maximum Gasteiger partial charge on any atom is 0.0342 e.